The maximum Gasteiger partial charge on any atom is -0.00980 e. The fourth-order valence-electron chi connectivity index (χ4n) is 2.01. The standard InChI is InChI=1S/C12H24/c1-7-12(8-2,11(5)6)9-10(3)4/h9,11H,7-8H2,1-6H3. The molecule has 0 spiro atoms. The summed E-state index contributed by atoms with van der Waals surface area (Å²) in [6.07, 6.45) is 4.97. The Labute approximate surface area is 78.1 Å². The van der Waals surface area contributed by atoms with Crippen molar-refractivity contribution in [1.29, 1.82) is 0 Å². The molecule has 0 aromatic carbocycles. The van der Waals surface area contributed by atoms with Gasteiger partial charge in [0.2, 0.25) is 0 Å². The Balaban J connectivity index is 4.70. The molecule has 0 rings (SSSR count). The van der Waals surface area contributed by atoms with E-state index in [0.717, 1.165) is 5.92 Å². The first-order valence-electron chi connectivity index (χ1n) is 5.14. The van der Waals surface area contributed by atoms with Crippen LogP contribution in [-0.4, -0.2) is 0 Å². The maximum absolute atomic E-state index is 2.46. The van der Waals surface area contributed by atoms with E-state index >= 15 is 0 Å². The first kappa shape index (κ1) is 11.7. The summed E-state index contributed by atoms with van der Waals surface area (Å²) in [7, 11) is 0. The molecule has 0 aliphatic heterocycles. The Morgan fingerprint density at radius 2 is 1.58 bits per heavy atom. The highest BCUT2D eigenvalue weighted by molar-refractivity contribution is 5.06. The number of hydrogen-bond donors (Lipinski definition) is 0. The minimum Gasteiger partial charge on any atom is -0.0799 e. The topological polar surface area (TPSA) is 0 Å². The van der Waals surface area contributed by atoms with Crippen LogP contribution >= 0.6 is 0 Å². The summed E-state index contributed by atoms with van der Waals surface area (Å²) >= 11 is 0. The summed E-state index contributed by atoms with van der Waals surface area (Å²) in [5.74, 6) is 0.752. The quantitative estimate of drug-likeness (QED) is 0.545. The molecule has 0 saturated carbocycles. The molecule has 0 nitrogen and oxygen atoms in total. The predicted octanol–water partition coefficient (Wildman–Crippen LogP) is 4.42. The highest BCUT2D eigenvalue weighted by atomic mass is 14.3. The number of hydrogen-bond acceptors (Lipinski definition) is 0. The van der Waals surface area contributed by atoms with E-state index in [0.29, 0.717) is 5.41 Å². The average Bonchev–Trinajstić information content (AvgIpc) is 1.99. The molecule has 0 N–H and O–H groups in total. The zero-order chi connectivity index (χ0) is 9.78. The highest BCUT2D eigenvalue weighted by Gasteiger charge is 2.26. The smallest absolute Gasteiger partial charge is 0.00980 e. The van der Waals surface area contributed by atoms with Gasteiger partial charge in [0.25, 0.3) is 0 Å². The van der Waals surface area contributed by atoms with Gasteiger partial charge in [0, 0.05) is 0 Å². The summed E-state index contributed by atoms with van der Waals surface area (Å²) in [5.41, 5.74) is 1.89. The van der Waals surface area contributed by atoms with Crippen LogP contribution in [0.3, 0.4) is 0 Å². The normalized spacial score (nSPS) is 11.9. The Hall–Kier alpha value is -0.260. The van der Waals surface area contributed by atoms with Gasteiger partial charge in [-0.25, -0.2) is 0 Å². The van der Waals surface area contributed by atoms with Crippen LogP contribution in [0.5, 0.6) is 0 Å². The van der Waals surface area contributed by atoms with Gasteiger partial charge in [-0.15, -0.1) is 0 Å². The van der Waals surface area contributed by atoms with E-state index in [1.165, 1.54) is 18.4 Å². The van der Waals surface area contributed by atoms with Gasteiger partial charge in [-0.3, -0.25) is 0 Å². The summed E-state index contributed by atoms with van der Waals surface area (Å²) in [5, 5.41) is 0. The minimum atomic E-state index is 0.443. The van der Waals surface area contributed by atoms with E-state index < -0.39 is 0 Å². The number of allylic oxidation sites excluding steroid dienone is 2. The van der Waals surface area contributed by atoms with Crippen molar-refractivity contribution in [3.05, 3.63) is 11.6 Å². The van der Waals surface area contributed by atoms with E-state index in [9.17, 15) is 0 Å². The molecule has 0 heterocycles. The summed E-state index contributed by atoms with van der Waals surface area (Å²) < 4.78 is 0. The second kappa shape index (κ2) is 4.69. The molecule has 0 aliphatic rings. The van der Waals surface area contributed by atoms with E-state index in [2.05, 4.69) is 47.6 Å². The van der Waals surface area contributed by atoms with Crippen LogP contribution in [-0.2, 0) is 0 Å². The maximum atomic E-state index is 2.46. The Morgan fingerprint density at radius 3 is 1.67 bits per heavy atom. The molecule has 0 heteroatoms. The molecule has 0 unspecified atom stereocenters. The highest BCUT2D eigenvalue weighted by Crippen LogP contribution is 2.37. The van der Waals surface area contributed by atoms with E-state index in [1.807, 2.05) is 0 Å². The summed E-state index contributed by atoms with van der Waals surface area (Å²) in [6, 6.07) is 0. The monoisotopic (exact) mass is 168 g/mol. The lowest BCUT2D eigenvalue weighted by molar-refractivity contribution is 0.243. The largest absolute Gasteiger partial charge is 0.0799 e. The average molecular weight is 168 g/mol. The van der Waals surface area contributed by atoms with Crippen molar-refractivity contribution < 1.29 is 0 Å². The minimum absolute atomic E-state index is 0.443. The third-order valence-corrected chi connectivity index (χ3v) is 3.04. The molecule has 0 radical (unpaired) electrons. The lowest BCUT2D eigenvalue weighted by Gasteiger charge is -2.33. The molecular weight excluding hydrogens is 144 g/mol. The van der Waals surface area contributed by atoms with Crippen molar-refractivity contribution in [1.82, 2.24) is 0 Å². The van der Waals surface area contributed by atoms with Crippen molar-refractivity contribution >= 4 is 0 Å². The van der Waals surface area contributed by atoms with Gasteiger partial charge >= 0.3 is 0 Å². The van der Waals surface area contributed by atoms with Crippen molar-refractivity contribution in [2.45, 2.75) is 54.4 Å². The van der Waals surface area contributed by atoms with Gasteiger partial charge in [0.1, 0.15) is 0 Å². The van der Waals surface area contributed by atoms with Gasteiger partial charge in [0.15, 0.2) is 0 Å². The molecule has 72 valence electrons. The third kappa shape index (κ3) is 2.66. The molecule has 0 saturated heterocycles. The van der Waals surface area contributed by atoms with Crippen molar-refractivity contribution in [3.8, 4) is 0 Å². The van der Waals surface area contributed by atoms with Crippen molar-refractivity contribution in [2.75, 3.05) is 0 Å². The summed E-state index contributed by atoms with van der Waals surface area (Å²) in [6.45, 7) is 13.6. The Bertz CT molecular complexity index is 143. The number of rotatable bonds is 4. The van der Waals surface area contributed by atoms with Crippen molar-refractivity contribution in [2.24, 2.45) is 11.3 Å². The summed E-state index contributed by atoms with van der Waals surface area (Å²) in [4.78, 5) is 0. The molecule has 12 heavy (non-hydrogen) atoms. The van der Waals surface area contributed by atoms with Crippen molar-refractivity contribution in [3.63, 3.8) is 0 Å². The van der Waals surface area contributed by atoms with Crippen LogP contribution in [0.2, 0.25) is 0 Å². The predicted molar refractivity (Wildman–Crippen MR) is 57.3 cm³/mol. The molecule has 0 aromatic heterocycles. The van der Waals surface area contributed by atoms with E-state index in [4.69, 9.17) is 0 Å². The molecule has 0 amide bonds. The molecule has 0 aliphatic carbocycles. The molecule has 0 bridgehead atoms. The second-order valence-electron chi connectivity index (χ2n) is 4.32. The fraction of sp³-hybridized carbons (Fsp3) is 0.833. The van der Waals surface area contributed by atoms with E-state index in [-0.39, 0.29) is 0 Å². The van der Waals surface area contributed by atoms with Crippen LogP contribution in [0.1, 0.15) is 54.4 Å². The van der Waals surface area contributed by atoms with Gasteiger partial charge in [-0.2, -0.15) is 0 Å². The van der Waals surface area contributed by atoms with Crippen LogP contribution in [0, 0.1) is 11.3 Å². The zero-order valence-corrected chi connectivity index (χ0v) is 9.57. The fourth-order valence-corrected chi connectivity index (χ4v) is 2.01. The Morgan fingerprint density at radius 1 is 1.17 bits per heavy atom. The van der Waals surface area contributed by atoms with Crippen LogP contribution in [0.4, 0.5) is 0 Å². The van der Waals surface area contributed by atoms with Crippen LogP contribution in [0.15, 0.2) is 11.6 Å². The van der Waals surface area contributed by atoms with Gasteiger partial charge in [-0.1, -0.05) is 39.3 Å². The SMILES string of the molecule is CCC(C=C(C)C)(CC)C(C)C. The second-order valence-corrected chi connectivity index (χ2v) is 4.32. The molecule has 0 aromatic rings. The third-order valence-electron chi connectivity index (χ3n) is 3.04. The molecular formula is C12H24. The van der Waals surface area contributed by atoms with Crippen LogP contribution < -0.4 is 0 Å². The molecule has 0 atom stereocenters. The van der Waals surface area contributed by atoms with Gasteiger partial charge < -0.3 is 0 Å². The van der Waals surface area contributed by atoms with Gasteiger partial charge in [-0.05, 0) is 38.0 Å². The molecule has 0 fully saturated rings. The lowest BCUT2D eigenvalue weighted by Crippen LogP contribution is -2.23. The first-order valence-corrected chi connectivity index (χ1v) is 5.14. The zero-order valence-electron chi connectivity index (χ0n) is 9.57. The Kier molecular flexibility index (Phi) is 4.59. The van der Waals surface area contributed by atoms with Gasteiger partial charge in [0.05, 0.1) is 0 Å². The van der Waals surface area contributed by atoms with E-state index in [1.54, 1.807) is 0 Å². The van der Waals surface area contributed by atoms with Crippen LogP contribution in [0.25, 0.3) is 0 Å². The lowest BCUT2D eigenvalue weighted by atomic mass is 9.72. The first-order chi connectivity index (χ1) is 5.48.